The maximum Gasteiger partial charge on any atom is 0.273 e. The van der Waals surface area contributed by atoms with Crippen molar-refractivity contribution >= 4 is 45.9 Å². The van der Waals surface area contributed by atoms with E-state index in [1.165, 1.54) is 22.7 Å². The molecule has 1 aliphatic rings. The molecule has 3 aromatic carbocycles. The molecule has 216 valence electrons. The molecule has 3 atom stereocenters. The number of primary amides is 1. The number of thioether (sulfide) groups is 1. The van der Waals surface area contributed by atoms with E-state index >= 15 is 0 Å². The normalized spacial score (nSPS) is 16.5. The predicted octanol–water partition coefficient (Wildman–Crippen LogP) is 4.00. The van der Waals surface area contributed by atoms with Crippen LogP contribution in [-0.4, -0.2) is 53.5 Å². The van der Waals surface area contributed by atoms with Crippen LogP contribution in [0.4, 0.5) is 5.69 Å². The van der Waals surface area contributed by atoms with Gasteiger partial charge in [0.05, 0.1) is 19.6 Å². The quantitative estimate of drug-likeness (QED) is 0.169. The Morgan fingerprint density at radius 1 is 1.20 bits per heavy atom. The highest BCUT2D eigenvalue weighted by molar-refractivity contribution is 7.99. The molecule has 0 aliphatic carbocycles. The van der Waals surface area contributed by atoms with Gasteiger partial charge in [0.1, 0.15) is 11.8 Å². The average Bonchev–Trinajstić information content (AvgIpc) is 2.97. The van der Waals surface area contributed by atoms with Gasteiger partial charge >= 0.3 is 0 Å². The maximum atomic E-state index is 14.3. The first-order valence-corrected chi connectivity index (χ1v) is 14.2. The Bertz CT molecular complexity index is 1440. The zero-order valence-corrected chi connectivity index (χ0v) is 24.1. The lowest BCUT2D eigenvalue weighted by molar-refractivity contribution is -0.149. The third-order valence-electron chi connectivity index (χ3n) is 7.28. The number of methoxy groups -OCH3 is 1. The van der Waals surface area contributed by atoms with Crippen LogP contribution in [-0.2, 0) is 31.3 Å². The molecule has 3 amide bonds. The lowest BCUT2D eigenvalue weighted by Gasteiger charge is -2.45. The van der Waals surface area contributed by atoms with Crippen LogP contribution in [0.3, 0.4) is 0 Å². The van der Waals surface area contributed by atoms with Crippen LogP contribution < -0.4 is 20.9 Å². The number of nitrogens with two attached hydrogens (primary N) is 1. The smallest absolute Gasteiger partial charge is 0.273 e. The number of hydrogen-bond donors (Lipinski definition) is 3. The molecule has 0 saturated heterocycles. The number of nitrogens with one attached hydrogen (secondary N) is 1. The van der Waals surface area contributed by atoms with Gasteiger partial charge < -0.3 is 15.2 Å². The summed E-state index contributed by atoms with van der Waals surface area (Å²) in [5.41, 5.74) is 9.99. The third kappa shape index (κ3) is 6.40. The van der Waals surface area contributed by atoms with E-state index < -0.39 is 40.5 Å². The fourth-order valence-electron chi connectivity index (χ4n) is 5.25. The molecule has 0 bridgehead atoms. The Morgan fingerprint density at radius 3 is 2.44 bits per heavy atom. The molecule has 3 aromatic rings. The third-order valence-corrected chi connectivity index (χ3v) is 8.73. The number of amides is 3. The van der Waals surface area contributed by atoms with Crippen molar-refractivity contribution in [3.05, 3.63) is 84.4 Å². The van der Waals surface area contributed by atoms with E-state index in [2.05, 4.69) is 6.58 Å². The van der Waals surface area contributed by atoms with Crippen LogP contribution in [0, 0.1) is 5.92 Å². The molecule has 0 unspecified atom stereocenters. The Balaban J connectivity index is 1.79. The van der Waals surface area contributed by atoms with Gasteiger partial charge in [-0.3, -0.25) is 24.5 Å². The van der Waals surface area contributed by atoms with Crippen LogP contribution in [0.5, 0.6) is 5.75 Å². The van der Waals surface area contributed by atoms with E-state index in [0.717, 1.165) is 27.6 Å². The number of carbonyl (C=O) groups is 3. The van der Waals surface area contributed by atoms with Crippen LogP contribution in [0.25, 0.3) is 10.8 Å². The van der Waals surface area contributed by atoms with Crippen LogP contribution in [0.1, 0.15) is 25.0 Å². The van der Waals surface area contributed by atoms with Gasteiger partial charge in [-0.2, -0.15) is 0 Å². The summed E-state index contributed by atoms with van der Waals surface area (Å²) < 4.78 is 10.1. The summed E-state index contributed by atoms with van der Waals surface area (Å²) in [5, 5.41) is 11.3. The molecular formula is C31H35N3O6S. The van der Waals surface area contributed by atoms with Gasteiger partial charge in [0.2, 0.25) is 11.8 Å². The highest BCUT2D eigenvalue weighted by Gasteiger charge is 2.49. The summed E-state index contributed by atoms with van der Waals surface area (Å²) >= 11 is 1.49. The molecule has 0 fully saturated rings. The van der Waals surface area contributed by atoms with E-state index in [1.807, 2.05) is 74.5 Å². The molecular weight excluding hydrogens is 542 g/mol. The van der Waals surface area contributed by atoms with E-state index in [-0.39, 0.29) is 13.0 Å². The first kappa shape index (κ1) is 30.1. The summed E-state index contributed by atoms with van der Waals surface area (Å²) in [4.78, 5) is 41.7. The molecule has 10 heteroatoms. The summed E-state index contributed by atoms with van der Waals surface area (Å²) in [5.74, 6) is -1.78. The average molecular weight is 578 g/mol. The fraction of sp³-hybridized carbons (Fsp3) is 0.323. The van der Waals surface area contributed by atoms with Crippen molar-refractivity contribution in [2.24, 2.45) is 11.7 Å². The Kier molecular flexibility index (Phi) is 9.37. The largest absolute Gasteiger partial charge is 0.497 e. The first-order valence-electron chi connectivity index (χ1n) is 13.2. The lowest BCUT2D eigenvalue weighted by Crippen LogP contribution is -2.62. The SMILES string of the molecule is C=CCO[C@H](C(=O)NO)[C@H]1Cc2cc3ccccc3cc2N([C@H](C(N)=O)C(C)(C)SCc2ccc(OC)cc2)C1=O. The number of rotatable bonds is 12. The van der Waals surface area contributed by atoms with E-state index in [9.17, 15) is 19.6 Å². The number of hydrogen-bond acceptors (Lipinski definition) is 7. The van der Waals surface area contributed by atoms with Gasteiger partial charge in [0.15, 0.2) is 6.10 Å². The molecule has 4 rings (SSSR count). The van der Waals surface area contributed by atoms with Crippen LogP contribution in [0.2, 0.25) is 0 Å². The van der Waals surface area contributed by atoms with Crippen molar-refractivity contribution in [3.63, 3.8) is 0 Å². The summed E-state index contributed by atoms with van der Waals surface area (Å²) in [6.45, 7) is 7.35. The zero-order chi connectivity index (χ0) is 29.7. The van der Waals surface area contributed by atoms with Crippen molar-refractivity contribution in [2.45, 2.75) is 42.9 Å². The van der Waals surface area contributed by atoms with Gasteiger partial charge in [-0.05, 0) is 66.4 Å². The highest BCUT2D eigenvalue weighted by Crippen LogP contribution is 2.42. The fourth-order valence-corrected chi connectivity index (χ4v) is 6.36. The van der Waals surface area contributed by atoms with E-state index in [0.29, 0.717) is 11.4 Å². The maximum absolute atomic E-state index is 14.3. The number of nitrogens with zero attached hydrogens (tertiary/aromatic N) is 1. The predicted molar refractivity (Wildman–Crippen MR) is 160 cm³/mol. The van der Waals surface area contributed by atoms with Crippen LogP contribution >= 0.6 is 11.8 Å². The summed E-state index contributed by atoms with van der Waals surface area (Å²) in [6.07, 6.45) is 0.293. The zero-order valence-electron chi connectivity index (χ0n) is 23.3. The van der Waals surface area contributed by atoms with Gasteiger partial charge in [-0.15, -0.1) is 18.3 Å². The van der Waals surface area contributed by atoms with E-state index in [4.69, 9.17) is 15.2 Å². The Morgan fingerprint density at radius 2 is 1.85 bits per heavy atom. The number of anilines is 1. The number of benzene rings is 3. The molecule has 4 N–H and O–H groups in total. The van der Waals surface area contributed by atoms with Gasteiger partial charge in [0, 0.05) is 16.2 Å². The van der Waals surface area contributed by atoms with Crippen molar-refractivity contribution in [2.75, 3.05) is 18.6 Å². The monoisotopic (exact) mass is 577 g/mol. The summed E-state index contributed by atoms with van der Waals surface area (Å²) in [7, 11) is 1.60. The topological polar surface area (TPSA) is 131 Å². The van der Waals surface area contributed by atoms with Crippen molar-refractivity contribution in [3.8, 4) is 5.75 Å². The number of fused-ring (bicyclic) bond motifs is 2. The van der Waals surface area contributed by atoms with E-state index in [1.54, 1.807) is 12.6 Å². The molecule has 0 aromatic heterocycles. The molecule has 1 aliphatic heterocycles. The van der Waals surface area contributed by atoms with Crippen molar-refractivity contribution in [1.82, 2.24) is 5.48 Å². The Labute approximate surface area is 243 Å². The first-order chi connectivity index (χ1) is 19.6. The standard InChI is InChI=1S/C31H35N3O6S/c1-5-14-40-26(29(36)33-38)24-16-22-15-20-8-6-7-9-21(20)17-25(22)34(30(24)37)27(28(32)35)31(2,3)41-18-19-10-12-23(39-4)13-11-19/h5-13,15,17,24,26-27,38H,1,14,16,18H2,2-4H3,(H2,32,35)(H,33,36)/t24-,26+,27-/m1/s1. The molecule has 0 saturated carbocycles. The number of hydroxylamine groups is 1. The second-order valence-corrected chi connectivity index (χ2v) is 12.0. The molecule has 1 heterocycles. The molecule has 41 heavy (non-hydrogen) atoms. The lowest BCUT2D eigenvalue weighted by atomic mass is 9.83. The second kappa shape index (κ2) is 12.8. The van der Waals surface area contributed by atoms with Gasteiger partial charge in [-0.1, -0.05) is 42.5 Å². The van der Waals surface area contributed by atoms with Gasteiger partial charge in [0.25, 0.3) is 5.91 Å². The van der Waals surface area contributed by atoms with Gasteiger partial charge in [-0.25, -0.2) is 5.48 Å². The second-order valence-electron chi connectivity index (χ2n) is 10.4. The molecule has 0 radical (unpaired) electrons. The number of carbonyl (C=O) groups excluding carboxylic acids is 3. The van der Waals surface area contributed by atoms with Crippen LogP contribution in [0.15, 0.2) is 73.3 Å². The minimum atomic E-state index is -1.32. The number of ether oxygens (including phenoxy) is 2. The Hall–Kier alpha value is -3.86. The molecule has 9 nitrogen and oxygen atoms in total. The highest BCUT2D eigenvalue weighted by atomic mass is 32.2. The molecule has 0 spiro atoms. The minimum absolute atomic E-state index is 0.0190. The summed E-state index contributed by atoms with van der Waals surface area (Å²) in [6, 6.07) is 18.1. The van der Waals surface area contributed by atoms with Crippen molar-refractivity contribution < 1.29 is 29.1 Å². The minimum Gasteiger partial charge on any atom is -0.497 e. The van der Waals surface area contributed by atoms with Crippen molar-refractivity contribution in [1.29, 1.82) is 0 Å².